The molecular formula is C49H51FO6. The van der Waals surface area contributed by atoms with E-state index in [9.17, 15) is 5.11 Å². The highest BCUT2D eigenvalue weighted by molar-refractivity contribution is 5.50. The van der Waals surface area contributed by atoms with Crippen molar-refractivity contribution < 1.29 is 33.2 Å². The largest absolute Gasteiger partial charge is 0.497 e. The van der Waals surface area contributed by atoms with E-state index in [1.54, 1.807) is 14.2 Å². The SMILES string of the molecule is CCCCO[C@H](C(O)COC(c1ccccc1)(c1ccccc1)c1ccccc1)[C@@H](F)COC(c1ccccc1)(c1ccc(OC)cc1)c1ccc(OC)cc1. The highest BCUT2D eigenvalue weighted by atomic mass is 19.1. The topological polar surface area (TPSA) is 66.4 Å². The van der Waals surface area contributed by atoms with Crippen molar-refractivity contribution >= 4 is 0 Å². The molecule has 0 bridgehead atoms. The molecule has 0 saturated heterocycles. The van der Waals surface area contributed by atoms with E-state index < -0.39 is 36.2 Å². The molecule has 1 N–H and O–H groups in total. The van der Waals surface area contributed by atoms with Crippen molar-refractivity contribution in [3.8, 4) is 11.5 Å². The number of hydrogen-bond acceptors (Lipinski definition) is 6. The van der Waals surface area contributed by atoms with Gasteiger partial charge < -0.3 is 28.8 Å². The first-order valence-electron chi connectivity index (χ1n) is 19.2. The van der Waals surface area contributed by atoms with Gasteiger partial charge in [-0.25, -0.2) is 4.39 Å². The number of ether oxygens (including phenoxy) is 5. The van der Waals surface area contributed by atoms with Gasteiger partial charge in [0, 0.05) is 6.61 Å². The molecule has 0 fully saturated rings. The number of halogens is 1. The zero-order chi connectivity index (χ0) is 39.2. The number of benzene rings is 6. The second-order valence-corrected chi connectivity index (χ2v) is 13.7. The van der Waals surface area contributed by atoms with Crippen molar-refractivity contribution in [3.05, 3.63) is 203 Å². The van der Waals surface area contributed by atoms with Crippen LogP contribution >= 0.6 is 0 Å². The first kappa shape index (κ1) is 40.4. The summed E-state index contributed by atoms with van der Waals surface area (Å²) in [6, 6.07) is 54.6. The lowest BCUT2D eigenvalue weighted by atomic mass is 9.80. The molecule has 0 aliphatic rings. The van der Waals surface area contributed by atoms with Crippen LogP contribution in [0.4, 0.5) is 4.39 Å². The molecular weight excluding hydrogens is 704 g/mol. The van der Waals surface area contributed by atoms with Crippen LogP contribution in [0.25, 0.3) is 0 Å². The van der Waals surface area contributed by atoms with E-state index in [2.05, 4.69) is 0 Å². The number of alkyl halides is 1. The van der Waals surface area contributed by atoms with E-state index in [4.69, 9.17) is 23.7 Å². The van der Waals surface area contributed by atoms with Gasteiger partial charge in [-0.3, -0.25) is 0 Å². The van der Waals surface area contributed by atoms with Crippen LogP contribution in [-0.4, -0.2) is 57.5 Å². The molecule has 0 radical (unpaired) electrons. The van der Waals surface area contributed by atoms with Crippen LogP contribution < -0.4 is 9.47 Å². The van der Waals surface area contributed by atoms with Gasteiger partial charge in [-0.2, -0.15) is 0 Å². The fourth-order valence-electron chi connectivity index (χ4n) is 7.27. The van der Waals surface area contributed by atoms with E-state index in [1.165, 1.54) is 0 Å². The highest BCUT2D eigenvalue weighted by Crippen LogP contribution is 2.43. The van der Waals surface area contributed by atoms with Crippen LogP contribution in [-0.2, 0) is 25.4 Å². The summed E-state index contributed by atoms with van der Waals surface area (Å²) in [6.07, 6.45) is -2.82. The van der Waals surface area contributed by atoms with E-state index in [0.29, 0.717) is 17.9 Å². The van der Waals surface area contributed by atoms with E-state index in [-0.39, 0.29) is 13.2 Å². The average molecular weight is 755 g/mol. The van der Waals surface area contributed by atoms with Crippen LogP contribution in [0.2, 0.25) is 0 Å². The van der Waals surface area contributed by atoms with Gasteiger partial charge in [-0.05, 0) is 64.1 Å². The average Bonchev–Trinajstić information content (AvgIpc) is 3.27. The Labute approximate surface area is 330 Å². The Hall–Kier alpha value is -5.31. The third-order valence-electron chi connectivity index (χ3n) is 10.2. The number of methoxy groups -OCH3 is 2. The van der Waals surface area contributed by atoms with E-state index in [0.717, 1.165) is 39.8 Å². The minimum absolute atomic E-state index is 0.226. The second kappa shape index (κ2) is 19.5. The minimum Gasteiger partial charge on any atom is -0.497 e. The summed E-state index contributed by atoms with van der Waals surface area (Å²) in [5.74, 6) is 1.36. The van der Waals surface area contributed by atoms with Crippen LogP contribution in [0, 0.1) is 0 Å². The third kappa shape index (κ3) is 8.88. The summed E-state index contributed by atoms with van der Waals surface area (Å²) >= 11 is 0. The molecule has 0 heterocycles. The third-order valence-corrected chi connectivity index (χ3v) is 10.2. The predicted octanol–water partition coefficient (Wildman–Crippen LogP) is 9.91. The fourth-order valence-corrected chi connectivity index (χ4v) is 7.27. The quantitative estimate of drug-likeness (QED) is 0.0619. The van der Waals surface area contributed by atoms with Crippen molar-refractivity contribution in [2.75, 3.05) is 34.0 Å². The summed E-state index contributed by atoms with van der Waals surface area (Å²) in [5, 5.41) is 12.0. The molecule has 0 aliphatic carbocycles. The summed E-state index contributed by atoms with van der Waals surface area (Å²) in [6.45, 7) is 1.68. The Balaban J connectivity index is 1.36. The lowest BCUT2D eigenvalue weighted by Gasteiger charge is -2.39. The van der Waals surface area contributed by atoms with Crippen LogP contribution in [0.15, 0.2) is 170 Å². The highest BCUT2D eigenvalue weighted by Gasteiger charge is 2.42. The molecule has 290 valence electrons. The molecule has 6 nitrogen and oxygen atoms in total. The molecule has 56 heavy (non-hydrogen) atoms. The number of rotatable bonds is 20. The van der Waals surface area contributed by atoms with Crippen molar-refractivity contribution in [1.29, 1.82) is 0 Å². The molecule has 0 spiro atoms. The van der Waals surface area contributed by atoms with Gasteiger partial charge >= 0.3 is 0 Å². The van der Waals surface area contributed by atoms with Gasteiger partial charge in [0.25, 0.3) is 0 Å². The van der Waals surface area contributed by atoms with Crippen molar-refractivity contribution in [1.82, 2.24) is 0 Å². The maximum Gasteiger partial charge on any atom is 0.152 e. The Morgan fingerprint density at radius 1 is 0.500 bits per heavy atom. The first-order chi connectivity index (χ1) is 27.5. The standard InChI is InChI=1S/C49H51FO6/c1-4-5-34-54-47(46(51)36-56-48(37-18-10-6-11-19-37,38-20-12-7-13-21-38)39-22-14-8-15-23-39)45(50)35-55-49(40-24-16-9-17-25-40,41-26-30-43(52-2)31-27-41)42-28-32-44(53-3)33-29-42/h6-33,45-47,51H,4-5,34-36H2,1-3H3/t45-,46?,47-/m0/s1. The molecule has 7 heteroatoms. The molecule has 6 aromatic carbocycles. The lowest BCUT2D eigenvalue weighted by molar-refractivity contribution is -0.138. The molecule has 0 aliphatic heterocycles. The molecule has 0 aromatic heterocycles. The molecule has 1 unspecified atom stereocenters. The first-order valence-corrected chi connectivity index (χ1v) is 19.2. The number of unbranched alkanes of at least 4 members (excludes halogenated alkanes) is 1. The molecule has 6 rings (SSSR count). The summed E-state index contributed by atoms with van der Waals surface area (Å²) in [4.78, 5) is 0. The van der Waals surface area contributed by atoms with Crippen LogP contribution in [0.5, 0.6) is 11.5 Å². The Morgan fingerprint density at radius 3 is 1.18 bits per heavy atom. The van der Waals surface area contributed by atoms with Crippen LogP contribution in [0.3, 0.4) is 0 Å². The van der Waals surface area contributed by atoms with Crippen molar-refractivity contribution in [2.24, 2.45) is 0 Å². The lowest BCUT2D eigenvalue weighted by Crippen LogP contribution is -2.46. The fraction of sp³-hybridized carbons (Fsp3) is 0.265. The smallest absolute Gasteiger partial charge is 0.152 e. The molecule has 0 amide bonds. The zero-order valence-corrected chi connectivity index (χ0v) is 32.3. The van der Waals surface area contributed by atoms with Crippen molar-refractivity contribution in [3.63, 3.8) is 0 Å². The zero-order valence-electron chi connectivity index (χ0n) is 32.3. The summed E-state index contributed by atoms with van der Waals surface area (Å²) in [5.41, 5.74) is 2.61. The van der Waals surface area contributed by atoms with Gasteiger partial charge in [-0.15, -0.1) is 0 Å². The monoisotopic (exact) mass is 754 g/mol. The molecule has 3 atom stereocenters. The van der Waals surface area contributed by atoms with Gasteiger partial charge in [-0.1, -0.05) is 159 Å². The minimum atomic E-state index is -1.75. The van der Waals surface area contributed by atoms with Gasteiger partial charge in [0.15, 0.2) is 6.17 Å². The Kier molecular flexibility index (Phi) is 14.1. The van der Waals surface area contributed by atoms with Gasteiger partial charge in [0.1, 0.15) is 34.9 Å². The van der Waals surface area contributed by atoms with E-state index >= 15 is 4.39 Å². The maximum atomic E-state index is 17.1. The second-order valence-electron chi connectivity index (χ2n) is 13.7. The van der Waals surface area contributed by atoms with E-state index in [1.807, 2.05) is 177 Å². The number of hydrogen-bond donors (Lipinski definition) is 1. The maximum absolute atomic E-state index is 17.1. The predicted molar refractivity (Wildman–Crippen MR) is 219 cm³/mol. The van der Waals surface area contributed by atoms with Gasteiger partial charge in [0.05, 0.1) is 27.4 Å². The summed E-state index contributed by atoms with van der Waals surface area (Å²) in [7, 11) is 3.23. The number of aliphatic hydroxyl groups excluding tert-OH is 1. The molecule has 6 aromatic rings. The number of aliphatic hydroxyl groups is 1. The van der Waals surface area contributed by atoms with Crippen LogP contribution in [0.1, 0.15) is 53.1 Å². The van der Waals surface area contributed by atoms with Gasteiger partial charge in [0.2, 0.25) is 0 Å². The normalized spacial score (nSPS) is 13.4. The Bertz CT molecular complexity index is 1870. The van der Waals surface area contributed by atoms with Crippen molar-refractivity contribution in [2.45, 2.75) is 49.3 Å². The molecule has 0 saturated carbocycles. The summed E-state index contributed by atoms with van der Waals surface area (Å²) < 4.78 is 48.1. The Morgan fingerprint density at radius 2 is 0.839 bits per heavy atom.